The van der Waals surface area contributed by atoms with Crippen molar-refractivity contribution in [1.29, 1.82) is 0 Å². The lowest BCUT2D eigenvalue weighted by atomic mass is 10.2. The van der Waals surface area contributed by atoms with Gasteiger partial charge in [-0.05, 0) is 54.0 Å². The molecule has 0 radical (unpaired) electrons. The minimum absolute atomic E-state index is 0.982. The summed E-state index contributed by atoms with van der Waals surface area (Å²) in [5, 5.41) is 0. The Kier molecular flexibility index (Phi) is 4.24. The molecule has 2 aromatic rings. The number of benzene rings is 1. The van der Waals surface area contributed by atoms with Crippen molar-refractivity contribution in [3.8, 4) is 0 Å². The highest BCUT2D eigenvalue weighted by molar-refractivity contribution is 9.11. The Morgan fingerprint density at radius 2 is 1.82 bits per heavy atom. The molecule has 0 N–H and O–H groups in total. The van der Waals surface area contributed by atoms with Gasteiger partial charge in [-0.1, -0.05) is 17.7 Å². The van der Waals surface area contributed by atoms with Gasteiger partial charge in [0.05, 0.1) is 10.3 Å². The number of halogens is 1. The molecule has 0 fully saturated rings. The molecule has 0 atom stereocenters. The molecule has 0 bridgehead atoms. The van der Waals surface area contributed by atoms with Gasteiger partial charge in [-0.15, -0.1) is 11.3 Å². The number of hydrogen-bond donors (Lipinski definition) is 0. The summed E-state index contributed by atoms with van der Waals surface area (Å²) in [4.78, 5) is 3.77. The van der Waals surface area contributed by atoms with Crippen molar-refractivity contribution in [3.05, 3.63) is 50.6 Å². The van der Waals surface area contributed by atoms with Crippen LogP contribution in [0.25, 0.3) is 0 Å². The van der Waals surface area contributed by atoms with Crippen molar-refractivity contribution in [1.82, 2.24) is 0 Å². The van der Waals surface area contributed by atoms with E-state index in [4.69, 9.17) is 0 Å². The van der Waals surface area contributed by atoms with Crippen molar-refractivity contribution >= 4 is 33.0 Å². The zero-order chi connectivity index (χ0) is 12.3. The van der Waals surface area contributed by atoms with Crippen molar-refractivity contribution in [2.45, 2.75) is 20.4 Å². The third kappa shape index (κ3) is 3.33. The van der Waals surface area contributed by atoms with Gasteiger partial charge in [0.2, 0.25) is 0 Å². The number of aryl methyl sites for hydroxylation is 1. The zero-order valence-electron chi connectivity index (χ0n) is 10.1. The van der Waals surface area contributed by atoms with Crippen LogP contribution in [0.3, 0.4) is 0 Å². The fraction of sp³-hybridized carbons (Fsp3) is 0.286. The molecule has 90 valence electrons. The Labute approximate surface area is 115 Å². The van der Waals surface area contributed by atoms with Crippen molar-refractivity contribution in [2.24, 2.45) is 0 Å². The molecular weight excluding hydrogens is 294 g/mol. The molecule has 0 aliphatic heterocycles. The Morgan fingerprint density at radius 3 is 2.35 bits per heavy atom. The second-order valence-electron chi connectivity index (χ2n) is 4.06. The molecule has 1 aromatic carbocycles. The first-order valence-corrected chi connectivity index (χ1v) is 7.36. The lowest BCUT2D eigenvalue weighted by Crippen LogP contribution is -2.21. The van der Waals surface area contributed by atoms with Crippen LogP contribution in [-0.2, 0) is 6.54 Å². The van der Waals surface area contributed by atoms with E-state index in [1.807, 2.05) is 0 Å². The summed E-state index contributed by atoms with van der Waals surface area (Å²) in [5.41, 5.74) is 2.60. The Bertz CT molecular complexity index is 475. The summed E-state index contributed by atoms with van der Waals surface area (Å²) < 4.78 is 1.20. The van der Waals surface area contributed by atoms with E-state index in [1.54, 1.807) is 11.3 Å². The molecule has 1 aromatic heterocycles. The predicted molar refractivity (Wildman–Crippen MR) is 79.9 cm³/mol. The van der Waals surface area contributed by atoms with Crippen LogP contribution in [0.2, 0.25) is 0 Å². The lowest BCUT2D eigenvalue weighted by Gasteiger charge is -2.22. The number of nitrogens with zero attached hydrogens (tertiary/aromatic N) is 1. The molecule has 0 aliphatic carbocycles. The third-order valence-corrected chi connectivity index (χ3v) is 4.36. The molecule has 0 spiro atoms. The average Bonchev–Trinajstić information content (AvgIpc) is 2.73. The summed E-state index contributed by atoms with van der Waals surface area (Å²) in [6.45, 7) is 6.33. The largest absolute Gasteiger partial charge is 0.367 e. The Hall–Kier alpha value is -0.800. The van der Waals surface area contributed by atoms with Gasteiger partial charge in [0, 0.05) is 17.1 Å². The molecule has 0 amide bonds. The lowest BCUT2D eigenvalue weighted by molar-refractivity contribution is 0.842. The van der Waals surface area contributed by atoms with E-state index in [0.717, 1.165) is 13.1 Å². The van der Waals surface area contributed by atoms with E-state index < -0.39 is 0 Å². The van der Waals surface area contributed by atoms with E-state index in [2.05, 4.69) is 71.1 Å². The maximum atomic E-state index is 3.51. The summed E-state index contributed by atoms with van der Waals surface area (Å²) in [5.74, 6) is 0. The van der Waals surface area contributed by atoms with Gasteiger partial charge in [-0.25, -0.2) is 0 Å². The second kappa shape index (κ2) is 5.69. The average molecular weight is 310 g/mol. The number of anilines is 1. The molecule has 1 nitrogen and oxygen atoms in total. The molecular formula is C14H16BrNS. The molecule has 2 rings (SSSR count). The summed E-state index contributed by atoms with van der Waals surface area (Å²) in [6, 6.07) is 13.0. The normalized spacial score (nSPS) is 10.5. The quantitative estimate of drug-likeness (QED) is 0.780. The van der Waals surface area contributed by atoms with Crippen LogP contribution >= 0.6 is 27.3 Å². The smallest absolute Gasteiger partial charge is 0.0702 e. The first kappa shape index (κ1) is 12.7. The van der Waals surface area contributed by atoms with Gasteiger partial charge in [-0.2, -0.15) is 0 Å². The minimum atomic E-state index is 0.982. The second-order valence-corrected chi connectivity index (χ2v) is 6.60. The third-order valence-electron chi connectivity index (χ3n) is 2.76. The molecule has 0 saturated heterocycles. The fourth-order valence-corrected chi connectivity index (χ4v) is 3.27. The highest BCUT2D eigenvalue weighted by Crippen LogP contribution is 2.25. The minimum Gasteiger partial charge on any atom is -0.367 e. The van der Waals surface area contributed by atoms with Gasteiger partial charge < -0.3 is 4.90 Å². The molecule has 0 saturated carbocycles. The molecule has 3 heteroatoms. The highest BCUT2D eigenvalue weighted by atomic mass is 79.9. The predicted octanol–water partition coefficient (Wildman–Crippen LogP) is 4.85. The van der Waals surface area contributed by atoms with Crippen LogP contribution < -0.4 is 4.90 Å². The Morgan fingerprint density at radius 1 is 1.12 bits per heavy atom. The van der Waals surface area contributed by atoms with Crippen LogP contribution in [-0.4, -0.2) is 6.54 Å². The van der Waals surface area contributed by atoms with Gasteiger partial charge in [0.1, 0.15) is 0 Å². The summed E-state index contributed by atoms with van der Waals surface area (Å²) in [6.07, 6.45) is 0. The molecule has 17 heavy (non-hydrogen) atoms. The van der Waals surface area contributed by atoms with E-state index in [9.17, 15) is 0 Å². The van der Waals surface area contributed by atoms with E-state index in [0.29, 0.717) is 0 Å². The first-order chi connectivity index (χ1) is 8.19. The standard InChI is InChI=1S/C14H16BrNS/c1-3-16(10-13-8-9-14(15)17-13)12-6-4-11(2)5-7-12/h4-9H,3,10H2,1-2H3. The number of thiophene rings is 1. The van der Waals surface area contributed by atoms with Gasteiger partial charge in [0.25, 0.3) is 0 Å². The van der Waals surface area contributed by atoms with Crippen molar-refractivity contribution in [2.75, 3.05) is 11.4 Å². The maximum Gasteiger partial charge on any atom is 0.0702 e. The van der Waals surface area contributed by atoms with Crippen LogP contribution in [0.1, 0.15) is 17.4 Å². The Balaban J connectivity index is 2.13. The maximum absolute atomic E-state index is 3.51. The number of hydrogen-bond acceptors (Lipinski definition) is 2. The van der Waals surface area contributed by atoms with E-state index in [-0.39, 0.29) is 0 Å². The molecule has 1 heterocycles. The monoisotopic (exact) mass is 309 g/mol. The van der Waals surface area contributed by atoms with Gasteiger partial charge >= 0.3 is 0 Å². The van der Waals surface area contributed by atoms with Crippen LogP contribution in [0, 0.1) is 6.92 Å². The van der Waals surface area contributed by atoms with Crippen LogP contribution in [0.4, 0.5) is 5.69 Å². The highest BCUT2D eigenvalue weighted by Gasteiger charge is 2.06. The van der Waals surface area contributed by atoms with E-state index >= 15 is 0 Å². The van der Waals surface area contributed by atoms with Crippen molar-refractivity contribution < 1.29 is 0 Å². The topological polar surface area (TPSA) is 3.24 Å². The van der Waals surface area contributed by atoms with Crippen LogP contribution in [0.5, 0.6) is 0 Å². The van der Waals surface area contributed by atoms with E-state index in [1.165, 1.54) is 19.9 Å². The number of rotatable bonds is 4. The SMILES string of the molecule is CCN(Cc1ccc(Br)s1)c1ccc(C)cc1. The molecule has 0 aliphatic rings. The summed E-state index contributed by atoms with van der Waals surface area (Å²) >= 11 is 5.31. The van der Waals surface area contributed by atoms with Crippen LogP contribution in [0.15, 0.2) is 40.2 Å². The van der Waals surface area contributed by atoms with Gasteiger partial charge in [-0.3, -0.25) is 0 Å². The van der Waals surface area contributed by atoms with Crippen molar-refractivity contribution in [3.63, 3.8) is 0 Å². The van der Waals surface area contributed by atoms with Gasteiger partial charge in [0.15, 0.2) is 0 Å². The fourth-order valence-electron chi connectivity index (χ4n) is 1.77. The summed E-state index contributed by atoms with van der Waals surface area (Å²) in [7, 11) is 0. The zero-order valence-corrected chi connectivity index (χ0v) is 12.5. The first-order valence-electron chi connectivity index (χ1n) is 5.75. The molecule has 0 unspecified atom stereocenters.